The minimum absolute atomic E-state index is 0.184. The van der Waals surface area contributed by atoms with Crippen molar-refractivity contribution in [1.29, 1.82) is 0 Å². The van der Waals surface area contributed by atoms with E-state index in [0.717, 1.165) is 6.42 Å². The highest BCUT2D eigenvalue weighted by Gasteiger charge is 2.49. The maximum atomic E-state index is 12.7. The fourth-order valence-electron chi connectivity index (χ4n) is 2.37. The van der Waals surface area contributed by atoms with Gasteiger partial charge < -0.3 is 4.74 Å². The molecule has 0 radical (unpaired) electrons. The molecule has 0 aliphatic heterocycles. The van der Waals surface area contributed by atoms with Crippen LogP contribution in [0.25, 0.3) is 0 Å². The van der Waals surface area contributed by atoms with E-state index in [0.29, 0.717) is 10.5 Å². The molecule has 0 aromatic rings. The number of sulfonamides is 1. The fraction of sp³-hybridized carbons (Fsp3) is 0.938. The van der Waals surface area contributed by atoms with E-state index in [2.05, 4.69) is 4.18 Å². The molecule has 0 bridgehead atoms. The third-order valence-electron chi connectivity index (χ3n) is 4.97. The van der Waals surface area contributed by atoms with Crippen LogP contribution in [0, 0.1) is 16.2 Å². The number of alkyl halides is 3. The minimum atomic E-state index is -6.15. The van der Waals surface area contributed by atoms with Gasteiger partial charge in [0.25, 0.3) is 0 Å². The highest BCUT2D eigenvalue weighted by atomic mass is 32.3. The van der Waals surface area contributed by atoms with E-state index in [9.17, 15) is 34.8 Å². The molecule has 0 fully saturated rings. The number of carbonyl (C=O) groups is 1. The standard InChI is InChI=1S/C16H30F3NO7S2/c1-8-14(5,6)11-15(7,13(2,3)4)12(21)26-9-10-27-29(24,25)20-28(22,23)16(17,18)19/h20H,8-11H2,1-7H3. The van der Waals surface area contributed by atoms with Gasteiger partial charge in [-0.3, -0.25) is 8.98 Å². The summed E-state index contributed by atoms with van der Waals surface area (Å²) in [6, 6.07) is 0. The van der Waals surface area contributed by atoms with Crippen molar-refractivity contribution in [1.82, 2.24) is 4.13 Å². The van der Waals surface area contributed by atoms with Crippen LogP contribution in [0.15, 0.2) is 0 Å². The van der Waals surface area contributed by atoms with Crippen molar-refractivity contribution in [2.24, 2.45) is 16.2 Å². The van der Waals surface area contributed by atoms with Crippen molar-refractivity contribution < 1.29 is 43.7 Å². The molecule has 13 heteroatoms. The summed E-state index contributed by atoms with van der Waals surface area (Å²) >= 11 is 0. The van der Waals surface area contributed by atoms with Crippen LogP contribution in [-0.4, -0.2) is 41.5 Å². The van der Waals surface area contributed by atoms with Gasteiger partial charge in [0.2, 0.25) is 0 Å². The van der Waals surface area contributed by atoms with Gasteiger partial charge in [0.15, 0.2) is 0 Å². The average Bonchev–Trinajstić information content (AvgIpc) is 2.47. The first-order chi connectivity index (χ1) is 12.6. The molecule has 0 spiro atoms. The van der Waals surface area contributed by atoms with Gasteiger partial charge in [0.1, 0.15) is 13.2 Å². The van der Waals surface area contributed by atoms with Gasteiger partial charge in [-0.2, -0.15) is 21.6 Å². The van der Waals surface area contributed by atoms with Gasteiger partial charge in [0, 0.05) is 0 Å². The van der Waals surface area contributed by atoms with Crippen LogP contribution in [0.3, 0.4) is 0 Å². The van der Waals surface area contributed by atoms with Crippen LogP contribution < -0.4 is 4.13 Å². The lowest BCUT2D eigenvalue weighted by Crippen LogP contribution is -2.45. The molecule has 1 unspecified atom stereocenters. The minimum Gasteiger partial charge on any atom is -0.463 e. The van der Waals surface area contributed by atoms with Gasteiger partial charge in [-0.1, -0.05) is 52.1 Å². The Morgan fingerprint density at radius 1 is 0.931 bits per heavy atom. The summed E-state index contributed by atoms with van der Waals surface area (Å²) in [4.78, 5) is 12.7. The molecule has 0 aromatic heterocycles. The fourth-order valence-corrected chi connectivity index (χ4v) is 4.30. The third-order valence-corrected chi connectivity index (χ3v) is 7.75. The Bertz CT molecular complexity index is 784. The maximum Gasteiger partial charge on any atom is 0.512 e. The lowest BCUT2D eigenvalue weighted by Gasteiger charge is -2.44. The molecule has 0 aliphatic carbocycles. The Morgan fingerprint density at radius 2 is 1.41 bits per heavy atom. The zero-order valence-electron chi connectivity index (χ0n) is 17.6. The van der Waals surface area contributed by atoms with Crippen molar-refractivity contribution in [3.8, 4) is 0 Å². The van der Waals surface area contributed by atoms with Gasteiger partial charge in [0.05, 0.1) is 5.41 Å². The van der Waals surface area contributed by atoms with Gasteiger partial charge in [-0.05, 0) is 24.2 Å². The van der Waals surface area contributed by atoms with Gasteiger partial charge in [-0.15, -0.1) is 0 Å². The maximum absolute atomic E-state index is 12.7. The number of ether oxygens (including phenoxy) is 1. The second-order valence-corrected chi connectivity index (χ2v) is 12.0. The van der Waals surface area contributed by atoms with Crippen LogP contribution in [0.1, 0.15) is 61.3 Å². The largest absolute Gasteiger partial charge is 0.512 e. The molecule has 0 aliphatic rings. The van der Waals surface area contributed by atoms with Crippen molar-refractivity contribution in [3.63, 3.8) is 0 Å². The number of hydrogen-bond donors (Lipinski definition) is 1. The molecule has 0 heterocycles. The Kier molecular flexibility index (Phi) is 8.78. The Hall–Kier alpha value is -0.920. The van der Waals surface area contributed by atoms with Gasteiger partial charge >= 0.3 is 31.8 Å². The number of rotatable bonds is 10. The predicted molar refractivity (Wildman–Crippen MR) is 100 cm³/mol. The smallest absolute Gasteiger partial charge is 0.463 e. The predicted octanol–water partition coefficient (Wildman–Crippen LogP) is 3.11. The zero-order valence-corrected chi connectivity index (χ0v) is 19.3. The summed E-state index contributed by atoms with van der Waals surface area (Å²) in [5.74, 6) is -0.622. The highest BCUT2D eigenvalue weighted by Crippen LogP contribution is 2.48. The van der Waals surface area contributed by atoms with E-state index >= 15 is 0 Å². The van der Waals surface area contributed by atoms with Crippen molar-refractivity contribution in [3.05, 3.63) is 0 Å². The van der Waals surface area contributed by atoms with E-state index in [-0.39, 0.29) is 5.41 Å². The van der Waals surface area contributed by atoms with Crippen LogP contribution >= 0.6 is 0 Å². The van der Waals surface area contributed by atoms with Crippen molar-refractivity contribution >= 4 is 26.3 Å². The lowest BCUT2D eigenvalue weighted by molar-refractivity contribution is -0.165. The molecule has 0 aromatic carbocycles. The third kappa shape index (κ3) is 8.02. The number of halogens is 3. The van der Waals surface area contributed by atoms with Crippen molar-refractivity contribution in [2.75, 3.05) is 13.2 Å². The molecule has 1 atom stereocenters. The van der Waals surface area contributed by atoms with Crippen LogP contribution in [0.5, 0.6) is 0 Å². The Balaban J connectivity index is 5.05. The molecule has 174 valence electrons. The lowest BCUT2D eigenvalue weighted by atomic mass is 9.60. The molecule has 8 nitrogen and oxygen atoms in total. The van der Waals surface area contributed by atoms with E-state index in [1.807, 2.05) is 41.5 Å². The second kappa shape index (κ2) is 9.06. The Labute approximate surface area is 170 Å². The molecular formula is C16H30F3NO7S2. The summed E-state index contributed by atoms with van der Waals surface area (Å²) in [6.45, 7) is 11.8. The van der Waals surface area contributed by atoms with E-state index < -0.39 is 55.8 Å². The SMILES string of the molecule is CCC(C)(C)CC(C)(C(=O)OCCOS(=O)(=O)NS(=O)(=O)C(F)(F)F)C(C)(C)C. The van der Waals surface area contributed by atoms with E-state index in [1.54, 1.807) is 6.92 Å². The van der Waals surface area contributed by atoms with Crippen LogP contribution in [0.4, 0.5) is 13.2 Å². The number of nitrogens with one attached hydrogen (secondary N) is 1. The van der Waals surface area contributed by atoms with Crippen LogP contribution in [0.2, 0.25) is 0 Å². The Morgan fingerprint density at radius 3 is 1.79 bits per heavy atom. The second-order valence-electron chi connectivity index (χ2n) is 8.72. The molecule has 0 rings (SSSR count). The zero-order chi connectivity index (χ0) is 23.5. The highest BCUT2D eigenvalue weighted by molar-refractivity contribution is 8.03. The molecule has 0 saturated carbocycles. The van der Waals surface area contributed by atoms with E-state index in [1.165, 1.54) is 0 Å². The van der Waals surface area contributed by atoms with Crippen LogP contribution in [-0.2, 0) is 34.0 Å². The monoisotopic (exact) mass is 469 g/mol. The first kappa shape index (κ1) is 28.1. The number of hydrogen-bond acceptors (Lipinski definition) is 7. The summed E-state index contributed by atoms with van der Waals surface area (Å²) in [6.07, 6.45) is 1.27. The molecule has 0 saturated heterocycles. The molecule has 0 amide bonds. The normalized spacial score (nSPS) is 16.3. The van der Waals surface area contributed by atoms with Gasteiger partial charge in [-0.25, -0.2) is 8.42 Å². The first-order valence-electron chi connectivity index (χ1n) is 8.77. The number of carbonyl (C=O) groups excluding carboxylic acids is 1. The first-order valence-corrected chi connectivity index (χ1v) is 11.7. The van der Waals surface area contributed by atoms with Crippen molar-refractivity contribution in [2.45, 2.75) is 66.8 Å². The summed E-state index contributed by atoms with van der Waals surface area (Å²) in [5, 5.41) is 0. The number of esters is 1. The molecule has 29 heavy (non-hydrogen) atoms. The summed E-state index contributed by atoms with van der Waals surface area (Å²) in [7, 11) is -11.4. The summed E-state index contributed by atoms with van der Waals surface area (Å²) in [5.41, 5.74) is -7.46. The molecule has 1 N–H and O–H groups in total. The topological polar surface area (TPSA) is 116 Å². The average molecular weight is 470 g/mol. The molecular weight excluding hydrogens is 439 g/mol. The van der Waals surface area contributed by atoms with E-state index in [4.69, 9.17) is 4.74 Å². The quantitative estimate of drug-likeness (QED) is 0.386. The summed E-state index contributed by atoms with van der Waals surface area (Å²) < 4.78 is 90.7.